The molecule has 1 fully saturated rings. The predicted octanol–water partition coefficient (Wildman–Crippen LogP) is 0.205. The van der Waals surface area contributed by atoms with Crippen molar-refractivity contribution in [3.8, 4) is 0 Å². The van der Waals surface area contributed by atoms with Crippen LogP contribution in [0.1, 0.15) is 23.3 Å². The number of fused-ring (bicyclic) bond motifs is 1. The summed E-state index contributed by atoms with van der Waals surface area (Å²) in [5.41, 5.74) is 2.61. The summed E-state index contributed by atoms with van der Waals surface area (Å²) in [7, 11) is 2.12. The number of rotatable bonds is 1. The third-order valence-electron chi connectivity index (χ3n) is 3.87. The summed E-state index contributed by atoms with van der Waals surface area (Å²) in [6, 6.07) is 0.453. The van der Waals surface area contributed by atoms with Gasteiger partial charge >= 0.3 is 0 Å². The lowest BCUT2D eigenvalue weighted by molar-refractivity contribution is 0.0130. The van der Waals surface area contributed by atoms with Crippen molar-refractivity contribution in [1.82, 2.24) is 19.8 Å². The van der Waals surface area contributed by atoms with Crippen molar-refractivity contribution in [3.63, 3.8) is 0 Å². The quantitative estimate of drug-likeness (QED) is 0.756. The van der Waals surface area contributed by atoms with Crippen LogP contribution in [0.3, 0.4) is 0 Å². The zero-order valence-corrected chi connectivity index (χ0v) is 10.6. The molecule has 0 saturated carbocycles. The Hall–Kier alpha value is -0.910. The Morgan fingerprint density at radius 2 is 2.12 bits per heavy atom. The summed E-state index contributed by atoms with van der Waals surface area (Å²) in [5, 5.41) is 3.47. The molecule has 1 atom stereocenters. The van der Waals surface area contributed by atoms with Crippen LogP contribution in [-0.2, 0) is 18.3 Å². The Morgan fingerprint density at radius 1 is 1.35 bits per heavy atom. The van der Waals surface area contributed by atoms with E-state index in [1.54, 1.807) is 0 Å². The molecule has 1 aromatic rings. The fourth-order valence-electron chi connectivity index (χ4n) is 2.86. The minimum absolute atomic E-state index is 0.453. The lowest BCUT2D eigenvalue weighted by Gasteiger charge is -2.37. The van der Waals surface area contributed by atoms with Crippen molar-refractivity contribution >= 4 is 0 Å². The highest BCUT2D eigenvalue weighted by Gasteiger charge is 2.30. The van der Waals surface area contributed by atoms with Crippen LogP contribution in [0.5, 0.6) is 0 Å². The first-order valence-corrected chi connectivity index (χ1v) is 6.32. The first kappa shape index (κ1) is 11.2. The van der Waals surface area contributed by atoms with Gasteiger partial charge in [-0.3, -0.25) is 4.90 Å². The second kappa shape index (κ2) is 4.40. The van der Waals surface area contributed by atoms with Crippen LogP contribution in [-0.4, -0.2) is 47.3 Å². The van der Waals surface area contributed by atoms with Gasteiger partial charge in [-0.1, -0.05) is 0 Å². The molecule has 0 radical (unpaired) electrons. The minimum Gasteiger partial charge on any atom is -0.379 e. The van der Waals surface area contributed by atoms with Crippen molar-refractivity contribution in [2.45, 2.75) is 19.5 Å². The topological polar surface area (TPSA) is 42.3 Å². The summed E-state index contributed by atoms with van der Waals surface area (Å²) in [5.74, 6) is 1.11. The van der Waals surface area contributed by atoms with Gasteiger partial charge in [0.1, 0.15) is 5.82 Å². The van der Waals surface area contributed by atoms with E-state index in [2.05, 4.69) is 33.7 Å². The molecule has 0 aliphatic carbocycles. The second-order valence-corrected chi connectivity index (χ2v) is 4.85. The average Bonchev–Trinajstić information content (AvgIpc) is 2.66. The fraction of sp³-hybridized carbons (Fsp3) is 0.750. The summed E-state index contributed by atoms with van der Waals surface area (Å²) in [4.78, 5) is 7.15. The third-order valence-corrected chi connectivity index (χ3v) is 3.87. The van der Waals surface area contributed by atoms with Gasteiger partial charge in [0.25, 0.3) is 0 Å². The Kier molecular flexibility index (Phi) is 2.90. The Morgan fingerprint density at radius 3 is 2.88 bits per heavy atom. The standard InChI is InChI=1S/C12H20N4O/c1-9-14-10-7-13-8-11(12(10)15(9)2)16-3-5-17-6-4-16/h11,13H,3-8H2,1-2H3. The largest absolute Gasteiger partial charge is 0.379 e. The molecule has 2 aliphatic heterocycles. The predicted molar refractivity (Wildman–Crippen MR) is 64.8 cm³/mol. The maximum Gasteiger partial charge on any atom is 0.105 e. The molecule has 5 nitrogen and oxygen atoms in total. The monoisotopic (exact) mass is 236 g/mol. The van der Waals surface area contributed by atoms with Crippen molar-refractivity contribution in [2.24, 2.45) is 7.05 Å². The van der Waals surface area contributed by atoms with Crippen molar-refractivity contribution < 1.29 is 4.74 Å². The molecule has 3 rings (SSSR count). The van der Waals surface area contributed by atoms with E-state index < -0.39 is 0 Å². The summed E-state index contributed by atoms with van der Waals surface area (Å²) in [6.45, 7) is 7.75. The van der Waals surface area contributed by atoms with Crippen molar-refractivity contribution in [1.29, 1.82) is 0 Å². The van der Waals surface area contributed by atoms with Crippen LogP contribution in [0, 0.1) is 6.92 Å². The van der Waals surface area contributed by atoms with E-state index in [9.17, 15) is 0 Å². The minimum atomic E-state index is 0.453. The number of nitrogens with one attached hydrogen (secondary N) is 1. The van der Waals surface area contributed by atoms with E-state index in [1.165, 1.54) is 11.4 Å². The normalized spacial score (nSPS) is 25.9. The summed E-state index contributed by atoms with van der Waals surface area (Å²) < 4.78 is 7.68. The molecule has 1 aromatic heterocycles. The third kappa shape index (κ3) is 1.88. The SMILES string of the molecule is Cc1nc2c(n1C)C(N1CCOCC1)CNC2. The maximum atomic E-state index is 5.43. The van der Waals surface area contributed by atoms with E-state index in [0.29, 0.717) is 6.04 Å². The first-order chi connectivity index (χ1) is 8.27. The molecule has 0 spiro atoms. The van der Waals surface area contributed by atoms with Crippen LogP contribution in [0.4, 0.5) is 0 Å². The van der Waals surface area contributed by atoms with Gasteiger partial charge in [0.2, 0.25) is 0 Å². The van der Waals surface area contributed by atoms with E-state index in [0.717, 1.165) is 45.2 Å². The number of ether oxygens (including phenoxy) is 1. The lowest BCUT2D eigenvalue weighted by Crippen LogP contribution is -2.45. The Balaban J connectivity index is 1.92. The molecule has 17 heavy (non-hydrogen) atoms. The second-order valence-electron chi connectivity index (χ2n) is 4.85. The zero-order valence-electron chi connectivity index (χ0n) is 10.6. The van der Waals surface area contributed by atoms with E-state index in [4.69, 9.17) is 4.74 Å². The number of nitrogens with zero attached hydrogens (tertiary/aromatic N) is 3. The molecule has 0 aromatic carbocycles. The van der Waals surface area contributed by atoms with Crippen molar-refractivity contribution in [2.75, 3.05) is 32.8 Å². The molecular formula is C12H20N4O. The van der Waals surface area contributed by atoms with Gasteiger partial charge in [0.15, 0.2) is 0 Å². The van der Waals surface area contributed by atoms with E-state index in [1.807, 2.05) is 0 Å². The highest BCUT2D eigenvalue weighted by molar-refractivity contribution is 5.23. The van der Waals surface area contributed by atoms with Crippen LogP contribution in [0.15, 0.2) is 0 Å². The molecule has 2 aliphatic rings. The van der Waals surface area contributed by atoms with Gasteiger partial charge in [-0.05, 0) is 6.92 Å². The number of hydrogen-bond donors (Lipinski definition) is 1. The van der Waals surface area contributed by atoms with Crippen LogP contribution in [0.2, 0.25) is 0 Å². The molecule has 94 valence electrons. The molecular weight excluding hydrogens is 216 g/mol. The molecule has 3 heterocycles. The Labute approximate surface area is 102 Å². The maximum absolute atomic E-state index is 5.43. The number of hydrogen-bond acceptors (Lipinski definition) is 4. The van der Waals surface area contributed by atoms with Gasteiger partial charge in [-0.2, -0.15) is 0 Å². The van der Waals surface area contributed by atoms with Gasteiger partial charge < -0.3 is 14.6 Å². The van der Waals surface area contributed by atoms with Gasteiger partial charge in [-0.25, -0.2) is 4.98 Å². The zero-order chi connectivity index (χ0) is 11.8. The van der Waals surface area contributed by atoms with Crippen LogP contribution in [0.25, 0.3) is 0 Å². The molecule has 0 amide bonds. The van der Waals surface area contributed by atoms with Gasteiger partial charge in [0.05, 0.1) is 30.6 Å². The fourth-order valence-corrected chi connectivity index (χ4v) is 2.86. The highest BCUT2D eigenvalue weighted by Crippen LogP contribution is 2.27. The number of aryl methyl sites for hydroxylation is 1. The molecule has 1 unspecified atom stereocenters. The van der Waals surface area contributed by atoms with Crippen molar-refractivity contribution in [3.05, 3.63) is 17.2 Å². The molecule has 0 bridgehead atoms. The highest BCUT2D eigenvalue weighted by atomic mass is 16.5. The number of morpholine rings is 1. The van der Waals surface area contributed by atoms with Crippen LogP contribution < -0.4 is 5.32 Å². The van der Waals surface area contributed by atoms with Crippen LogP contribution >= 0.6 is 0 Å². The molecule has 1 N–H and O–H groups in total. The summed E-state index contributed by atoms with van der Waals surface area (Å²) in [6.07, 6.45) is 0. The Bertz CT molecular complexity index is 409. The number of aromatic nitrogens is 2. The van der Waals surface area contributed by atoms with Gasteiger partial charge in [-0.15, -0.1) is 0 Å². The first-order valence-electron chi connectivity index (χ1n) is 6.32. The summed E-state index contributed by atoms with van der Waals surface area (Å²) >= 11 is 0. The number of imidazole rings is 1. The molecule has 1 saturated heterocycles. The van der Waals surface area contributed by atoms with E-state index in [-0.39, 0.29) is 0 Å². The van der Waals surface area contributed by atoms with E-state index >= 15 is 0 Å². The lowest BCUT2D eigenvalue weighted by atomic mass is 10.1. The molecule has 5 heteroatoms. The van der Waals surface area contributed by atoms with Gasteiger partial charge in [0, 0.05) is 33.2 Å². The average molecular weight is 236 g/mol. The smallest absolute Gasteiger partial charge is 0.105 e.